The van der Waals surface area contributed by atoms with E-state index in [9.17, 15) is 4.79 Å². The van der Waals surface area contributed by atoms with E-state index in [-0.39, 0.29) is 5.91 Å². The summed E-state index contributed by atoms with van der Waals surface area (Å²) in [5, 5.41) is 3.29. The molecule has 1 saturated heterocycles. The van der Waals surface area contributed by atoms with Crippen LogP contribution in [0.25, 0.3) is 0 Å². The fraction of sp³-hybridized carbons (Fsp3) is 0.381. The molecule has 2 aromatic rings. The Morgan fingerprint density at radius 3 is 2.42 bits per heavy atom. The molecule has 0 radical (unpaired) electrons. The van der Waals surface area contributed by atoms with Gasteiger partial charge in [0, 0.05) is 45.7 Å². The molecule has 5 heteroatoms. The van der Waals surface area contributed by atoms with Gasteiger partial charge in [-0.25, -0.2) is 0 Å². The minimum absolute atomic E-state index is 0.215. The van der Waals surface area contributed by atoms with Crippen molar-refractivity contribution in [2.45, 2.75) is 13.0 Å². The Morgan fingerprint density at radius 1 is 1.00 bits per heavy atom. The van der Waals surface area contributed by atoms with E-state index in [4.69, 9.17) is 4.74 Å². The molecular weight excluding hydrogens is 326 g/mol. The number of amides is 1. The summed E-state index contributed by atoms with van der Waals surface area (Å²) < 4.78 is 5.32. The fourth-order valence-electron chi connectivity index (χ4n) is 3.25. The number of benzene rings is 2. The molecule has 0 saturated carbocycles. The number of nitrogens with one attached hydrogen (secondary N) is 1. The van der Waals surface area contributed by atoms with Crippen molar-refractivity contribution in [3.63, 3.8) is 0 Å². The summed E-state index contributed by atoms with van der Waals surface area (Å²) in [6, 6.07) is 18.3. The predicted octanol–water partition coefficient (Wildman–Crippen LogP) is 2.84. The Balaban J connectivity index is 1.39. The minimum Gasteiger partial charge on any atom is -0.495 e. The SMILES string of the molecule is COc1ccccc1NCCC(=O)N1CCN(Cc2ccccc2)CC1. The Kier molecular flexibility index (Phi) is 6.50. The first kappa shape index (κ1) is 18.3. The monoisotopic (exact) mass is 353 g/mol. The third-order valence-corrected chi connectivity index (χ3v) is 4.74. The smallest absolute Gasteiger partial charge is 0.224 e. The number of rotatable bonds is 7. The van der Waals surface area contributed by atoms with Crippen molar-refractivity contribution in [3.05, 3.63) is 60.2 Å². The molecule has 1 aliphatic rings. The van der Waals surface area contributed by atoms with Crippen molar-refractivity contribution in [2.24, 2.45) is 0 Å². The molecule has 0 unspecified atom stereocenters. The van der Waals surface area contributed by atoms with Crippen LogP contribution < -0.4 is 10.1 Å². The van der Waals surface area contributed by atoms with Gasteiger partial charge in [0.15, 0.2) is 0 Å². The molecule has 1 amide bonds. The summed E-state index contributed by atoms with van der Waals surface area (Å²) in [5.74, 6) is 1.02. The molecule has 3 rings (SSSR count). The second-order valence-corrected chi connectivity index (χ2v) is 6.52. The second kappa shape index (κ2) is 9.25. The summed E-state index contributed by atoms with van der Waals surface area (Å²) >= 11 is 0. The highest BCUT2D eigenvalue weighted by atomic mass is 16.5. The molecule has 0 spiro atoms. The van der Waals surface area contributed by atoms with Crippen LogP contribution in [0.3, 0.4) is 0 Å². The molecule has 1 fully saturated rings. The van der Waals surface area contributed by atoms with Gasteiger partial charge in [0.25, 0.3) is 0 Å². The first-order valence-corrected chi connectivity index (χ1v) is 9.17. The van der Waals surface area contributed by atoms with Crippen molar-refractivity contribution in [2.75, 3.05) is 45.2 Å². The maximum atomic E-state index is 12.4. The number of ether oxygens (including phenoxy) is 1. The van der Waals surface area contributed by atoms with Crippen LogP contribution in [0.2, 0.25) is 0 Å². The van der Waals surface area contributed by atoms with Crippen LogP contribution in [0, 0.1) is 0 Å². The van der Waals surface area contributed by atoms with Crippen LogP contribution in [-0.2, 0) is 11.3 Å². The lowest BCUT2D eigenvalue weighted by molar-refractivity contribution is -0.132. The van der Waals surface area contributed by atoms with E-state index in [1.165, 1.54) is 5.56 Å². The third kappa shape index (κ3) is 4.99. The second-order valence-electron chi connectivity index (χ2n) is 6.52. The molecule has 1 N–H and O–H groups in total. The van der Waals surface area contributed by atoms with Crippen molar-refractivity contribution in [1.82, 2.24) is 9.80 Å². The maximum absolute atomic E-state index is 12.4. The zero-order valence-corrected chi connectivity index (χ0v) is 15.4. The average molecular weight is 353 g/mol. The van der Waals surface area contributed by atoms with E-state index >= 15 is 0 Å². The van der Waals surface area contributed by atoms with Crippen molar-refractivity contribution < 1.29 is 9.53 Å². The molecule has 5 nitrogen and oxygen atoms in total. The maximum Gasteiger partial charge on any atom is 0.224 e. The molecule has 1 heterocycles. The summed E-state index contributed by atoms with van der Waals surface area (Å²) in [7, 11) is 1.65. The standard InChI is InChI=1S/C21H27N3O2/c1-26-20-10-6-5-9-19(20)22-12-11-21(25)24-15-13-23(14-16-24)17-18-7-3-2-4-8-18/h2-10,22H,11-17H2,1H3. The third-order valence-electron chi connectivity index (χ3n) is 4.74. The number of nitrogens with zero attached hydrogens (tertiary/aromatic N) is 2. The lowest BCUT2D eigenvalue weighted by Crippen LogP contribution is -2.48. The number of hydrogen-bond acceptors (Lipinski definition) is 4. The van der Waals surface area contributed by atoms with Crippen LogP contribution in [0.4, 0.5) is 5.69 Å². The van der Waals surface area contributed by atoms with E-state index in [0.29, 0.717) is 13.0 Å². The highest BCUT2D eigenvalue weighted by Crippen LogP contribution is 2.22. The van der Waals surface area contributed by atoms with Crippen molar-refractivity contribution >= 4 is 11.6 Å². The minimum atomic E-state index is 0.215. The zero-order valence-electron chi connectivity index (χ0n) is 15.4. The fourth-order valence-corrected chi connectivity index (χ4v) is 3.25. The highest BCUT2D eigenvalue weighted by Gasteiger charge is 2.20. The zero-order chi connectivity index (χ0) is 18.2. The number of methoxy groups -OCH3 is 1. The molecule has 0 atom stereocenters. The molecule has 26 heavy (non-hydrogen) atoms. The summed E-state index contributed by atoms with van der Waals surface area (Å²) in [6.07, 6.45) is 0.497. The molecule has 1 aliphatic heterocycles. The van der Waals surface area contributed by atoms with Crippen LogP contribution >= 0.6 is 0 Å². The Bertz CT molecular complexity index is 697. The van der Waals surface area contributed by atoms with Crippen molar-refractivity contribution in [3.8, 4) is 5.75 Å². The lowest BCUT2D eigenvalue weighted by Gasteiger charge is -2.34. The van der Waals surface area contributed by atoms with Gasteiger partial charge < -0.3 is 15.0 Å². The molecule has 0 bridgehead atoms. The summed E-state index contributed by atoms with van der Waals surface area (Å²) in [6.45, 7) is 5.05. The summed E-state index contributed by atoms with van der Waals surface area (Å²) in [5.41, 5.74) is 2.25. The molecule has 138 valence electrons. The van der Waals surface area contributed by atoms with Crippen LogP contribution in [-0.4, -0.2) is 55.5 Å². The largest absolute Gasteiger partial charge is 0.495 e. The molecule has 0 aliphatic carbocycles. The molecule has 0 aromatic heterocycles. The number of piperazine rings is 1. The number of anilines is 1. The van der Waals surface area contributed by atoms with E-state index in [0.717, 1.165) is 44.2 Å². The summed E-state index contributed by atoms with van der Waals surface area (Å²) in [4.78, 5) is 16.8. The van der Waals surface area contributed by atoms with Gasteiger partial charge in [-0.3, -0.25) is 9.69 Å². The van der Waals surface area contributed by atoms with Crippen LogP contribution in [0.1, 0.15) is 12.0 Å². The van der Waals surface area contributed by atoms with E-state index < -0.39 is 0 Å². The van der Waals surface area contributed by atoms with Gasteiger partial charge in [-0.2, -0.15) is 0 Å². The Hall–Kier alpha value is -2.53. The normalized spacial score (nSPS) is 14.9. The Labute approximate surface area is 155 Å². The van der Waals surface area contributed by atoms with Crippen LogP contribution in [0.15, 0.2) is 54.6 Å². The van der Waals surface area contributed by atoms with E-state index in [1.54, 1.807) is 7.11 Å². The first-order valence-electron chi connectivity index (χ1n) is 9.17. The van der Waals surface area contributed by atoms with Gasteiger partial charge in [-0.1, -0.05) is 42.5 Å². The average Bonchev–Trinajstić information content (AvgIpc) is 2.69. The number of hydrogen-bond donors (Lipinski definition) is 1. The predicted molar refractivity (Wildman–Crippen MR) is 104 cm³/mol. The van der Waals surface area contributed by atoms with Gasteiger partial charge in [-0.15, -0.1) is 0 Å². The van der Waals surface area contributed by atoms with Gasteiger partial charge in [0.05, 0.1) is 12.8 Å². The van der Waals surface area contributed by atoms with E-state index in [1.807, 2.05) is 35.2 Å². The van der Waals surface area contributed by atoms with Crippen molar-refractivity contribution in [1.29, 1.82) is 0 Å². The first-order chi connectivity index (χ1) is 12.8. The Morgan fingerprint density at radius 2 is 1.69 bits per heavy atom. The number of carbonyl (C=O) groups is 1. The molecular formula is C21H27N3O2. The topological polar surface area (TPSA) is 44.8 Å². The van der Waals surface area contributed by atoms with Gasteiger partial charge in [0.2, 0.25) is 5.91 Å². The lowest BCUT2D eigenvalue weighted by atomic mass is 10.2. The van der Waals surface area contributed by atoms with Gasteiger partial charge >= 0.3 is 0 Å². The number of para-hydroxylation sites is 2. The van der Waals surface area contributed by atoms with Gasteiger partial charge in [0.1, 0.15) is 5.75 Å². The van der Waals surface area contributed by atoms with Gasteiger partial charge in [-0.05, 0) is 17.7 Å². The quantitative estimate of drug-likeness (QED) is 0.831. The van der Waals surface area contributed by atoms with Crippen LogP contribution in [0.5, 0.6) is 5.75 Å². The van der Waals surface area contributed by atoms with E-state index in [2.05, 4.69) is 34.5 Å². The highest BCUT2D eigenvalue weighted by molar-refractivity contribution is 5.77. The molecule has 2 aromatic carbocycles. The number of carbonyl (C=O) groups excluding carboxylic acids is 1.